The van der Waals surface area contributed by atoms with Crippen LogP contribution in [0.4, 0.5) is 0 Å². The van der Waals surface area contributed by atoms with Crippen LogP contribution in [0.3, 0.4) is 0 Å². The second-order valence-corrected chi connectivity index (χ2v) is 5.14. The van der Waals surface area contributed by atoms with E-state index in [1.807, 2.05) is 48.5 Å². The van der Waals surface area contributed by atoms with Gasteiger partial charge in [-0.05, 0) is 0 Å². The van der Waals surface area contributed by atoms with Gasteiger partial charge < -0.3 is 0 Å². The van der Waals surface area contributed by atoms with Gasteiger partial charge in [-0.3, -0.25) is 0 Å². The predicted octanol–water partition coefficient (Wildman–Crippen LogP) is 2.06. The van der Waals surface area contributed by atoms with Gasteiger partial charge in [0.1, 0.15) is 0 Å². The zero-order valence-electron chi connectivity index (χ0n) is 9.30. The Morgan fingerprint density at radius 1 is 0.882 bits per heavy atom. The average Bonchev–Trinajstić information content (AvgIpc) is 2.41. The Bertz CT molecular complexity index is 497. The Morgan fingerprint density at radius 3 is 2.24 bits per heavy atom. The van der Waals surface area contributed by atoms with Gasteiger partial charge in [-0.1, -0.05) is 0 Å². The van der Waals surface area contributed by atoms with Crippen LogP contribution in [0, 0.1) is 10.7 Å². The SMILES string of the molecule is C(#C[Se]c1ccccc1)COc1ccccc1. The molecule has 84 valence electrons. The Hall–Kier alpha value is -1.68. The summed E-state index contributed by atoms with van der Waals surface area (Å²) >= 11 is 0.224. The molecule has 0 bridgehead atoms. The molecule has 2 aromatic carbocycles. The molecule has 0 aliphatic rings. The van der Waals surface area contributed by atoms with Crippen molar-refractivity contribution in [1.29, 1.82) is 0 Å². The van der Waals surface area contributed by atoms with E-state index in [9.17, 15) is 0 Å². The summed E-state index contributed by atoms with van der Waals surface area (Å²) < 4.78 is 6.78. The van der Waals surface area contributed by atoms with Gasteiger partial charge in [0.05, 0.1) is 0 Å². The quantitative estimate of drug-likeness (QED) is 0.620. The van der Waals surface area contributed by atoms with E-state index in [-0.39, 0.29) is 15.0 Å². The van der Waals surface area contributed by atoms with E-state index in [1.165, 1.54) is 4.46 Å². The van der Waals surface area contributed by atoms with Gasteiger partial charge in [0.25, 0.3) is 0 Å². The first-order chi connectivity index (χ1) is 8.45. The molecule has 0 aliphatic carbocycles. The fourth-order valence-electron chi connectivity index (χ4n) is 1.25. The van der Waals surface area contributed by atoms with Crippen LogP contribution in [0.25, 0.3) is 0 Å². The van der Waals surface area contributed by atoms with Crippen LogP contribution >= 0.6 is 0 Å². The molecule has 0 heterocycles. The van der Waals surface area contributed by atoms with Crippen molar-refractivity contribution in [1.82, 2.24) is 0 Å². The summed E-state index contributed by atoms with van der Waals surface area (Å²) in [6, 6.07) is 20.1. The van der Waals surface area contributed by atoms with Crippen LogP contribution in [0.5, 0.6) is 5.75 Å². The molecule has 0 saturated heterocycles. The molecule has 0 unspecified atom stereocenters. The molecule has 2 aromatic rings. The van der Waals surface area contributed by atoms with Crippen LogP contribution in [0.2, 0.25) is 0 Å². The van der Waals surface area contributed by atoms with Crippen molar-refractivity contribution in [2.24, 2.45) is 0 Å². The molecule has 0 atom stereocenters. The first kappa shape index (κ1) is 11.8. The van der Waals surface area contributed by atoms with Gasteiger partial charge in [0.15, 0.2) is 0 Å². The third kappa shape index (κ3) is 4.36. The zero-order chi connectivity index (χ0) is 11.8. The Morgan fingerprint density at radius 2 is 1.53 bits per heavy atom. The summed E-state index contributed by atoms with van der Waals surface area (Å²) in [7, 11) is 0. The van der Waals surface area contributed by atoms with Gasteiger partial charge >= 0.3 is 108 Å². The molecule has 2 rings (SSSR count). The minimum atomic E-state index is 0.224. The van der Waals surface area contributed by atoms with Gasteiger partial charge in [0.2, 0.25) is 0 Å². The molecule has 1 nitrogen and oxygen atoms in total. The predicted molar refractivity (Wildman–Crippen MR) is 71.5 cm³/mol. The monoisotopic (exact) mass is 288 g/mol. The molecular formula is C15H12OSe. The minimum absolute atomic E-state index is 0.224. The second kappa shape index (κ2) is 6.81. The number of rotatable bonds is 3. The molecule has 2 heteroatoms. The molecule has 0 amide bonds. The molecule has 0 fully saturated rings. The van der Waals surface area contributed by atoms with E-state index >= 15 is 0 Å². The number of hydrogen-bond acceptors (Lipinski definition) is 1. The van der Waals surface area contributed by atoms with Crippen molar-refractivity contribution in [2.45, 2.75) is 0 Å². The first-order valence-electron chi connectivity index (χ1n) is 5.33. The fourth-order valence-corrected chi connectivity index (χ4v) is 2.39. The number of hydrogen-bond donors (Lipinski definition) is 0. The second-order valence-electron chi connectivity index (χ2n) is 3.30. The van der Waals surface area contributed by atoms with Crippen LogP contribution in [-0.4, -0.2) is 21.6 Å². The molecule has 0 N–H and O–H groups in total. The molecule has 0 saturated carbocycles. The summed E-state index contributed by atoms with van der Waals surface area (Å²) in [4.78, 5) is 3.16. The van der Waals surface area contributed by atoms with Crippen molar-refractivity contribution < 1.29 is 4.74 Å². The van der Waals surface area contributed by atoms with E-state index in [4.69, 9.17) is 4.74 Å². The number of ether oxygens (including phenoxy) is 1. The molecule has 0 aromatic heterocycles. The van der Waals surface area contributed by atoms with E-state index < -0.39 is 0 Å². The first-order valence-corrected chi connectivity index (χ1v) is 7.04. The standard InChI is InChI=1S/C15H12OSe/c1-3-8-14(9-4-1)16-12-7-13-17-15-10-5-2-6-11-15/h1-6,8-11H,12H2. The molecule has 17 heavy (non-hydrogen) atoms. The fraction of sp³-hybridized carbons (Fsp3) is 0.0667. The summed E-state index contributed by atoms with van der Waals surface area (Å²) in [5, 5.41) is 0. The normalized spacial score (nSPS) is 9.18. The summed E-state index contributed by atoms with van der Waals surface area (Å²) in [5.41, 5.74) is 0. The Balaban J connectivity index is 1.76. The van der Waals surface area contributed by atoms with Gasteiger partial charge in [-0.2, -0.15) is 0 Å². The number of benzene rings is 2. The Labute approximate surface area is 108 Å². The van der Waals surface area contributed by atoms with Crippen molar-refractivity contribution in [3.63, 3.8) is 0 Å². The van der Waals surface area contributed by atoms with E-state index in [0.29, 0.717) is 6.61 Å². The van der Waals surface area contributed by atoms with E-state index in [2.05, 4.69) is 22.9 Å². The number of para-hydroxylation sites is 1. The molecule has 0 radical (unpaired) electrons. The third-order valence-electron chi connectivity index (χ3n) is 2.04. The maximum atomic E-state index is 5.48. The molecule has 0 spiro atoms. The van der Waals surface area contributed by atoms with Crippen LogP contribution in [-0.2, 0) is 0 Å². The Kier molecular flexibility index (Phi) is 4.72. The van der Waals surface area contributed by atoms with E-state index in [0.717, 1.165) is 5.75 Å². The topological polar surface area (TPSA) is 9.23 Å². The maximum absolute atomic E-state index is 5.48. The van der Waals surface area contributed by atoms with Crippen molar-refractivity contribution in [3.8, 4) is 16.5 Å². The van der Waals surface area contributed by atoms with Crippen LogP contribution < -0.4 is 9.20 Å². The van der Waals surface area contributed by atoms with Crippen LogP contribution in [0.15, 0.2) is 60.7 Å². The molecular weight excluding hydrogens is 275 g/mol. The van der Waals surface area contributed by atoms with Crippen LogP contribution in [0.1, 0.15) is 0 Å². The van der Waals surface area contributed by atoms with Gasteiger partial charge in [-0.25, -0.2) is 0 Å². The van der Waals surface area contributed by atoms with Crippen molar-refractivity contribution in [3.05, 3.63) is 60.7 Å². The van der Waals surface area contributed by atoms with E-state index in [1.54, 1.807) is 0 Å². The average molecular weight is 287 g/mol. The molecule has 0 aliphatic heterocycles. The van der Waals surface area contributed by atoms with Crippen molar-refractivity contribution >= 4 is 19.4 Å². The third-order valence-corrected chi connectivity index (χ3v) is 3.62. The van der Waals surface area contributed by atoms with Crippen molar-refractivity contribution in [2.75, 3.05) is 6.61 Å². The van der Waals surface area contributed by atoms with Gasteiger partial charge in [-0.15, -0.1) is 0 Å². The summed E-state index contributed by atoms with van der Waals surface area (Å²) in [6.07, 6.45) is 0. The summed E-state index contributed by atoms with van der Waals surface area (Å²) in [6.45, 7) is 0.457. The van der Waals surface area contributed by atoms with Gasteiger partial charge in [0, 0.05) is 0 Å². The summed E-state index contributed by atoms with van der Waals surface area (Å²) in [5.74, 6) is 3.91. The zero-order valence-corrected chi connectivity index (χ0v) is 11.0.